The lowest BCUT2D eigenvalue weighted by molar-refractivity contribution is 0.967. The summed E-state index contributed by atoms with van der Waals surface area (Å²) in [5.74, 6) is 0.727. The van der Waals surface area contributed by atoms with E-state index in [1.165, 1.54) is 6.20 Å². The van der Waals surface area contributed by atoms with Crippen molar-refractivity contribution in [2.45, 2.75) is 0 Å². The van der Waals surface area contributed by atoms with Crippen LogP contribution in [0.15, 0.2) is 31.1 Å². The number of aromatic nitrogens is 4. The predicted octanol–water partition coefficient (Wildman–Crippen LogP) is 0.462. The third kappa shape index (κ3) is 1.10. The highest BCUT2D eigenvalue weighted by molar-refractivity contribution is 5.15. The van der Waals surface area contributed by atoms with E-state index in [1.807, 2.05) is 0 Å². The van der Waals surface area contributed by atoms with Crippen LogP contribution in [0.2, 0.25) is 0 Å². The lowest BCUT2D eigenvalue weighted by atomic mass is 10.6. The minimum atomic E-state index is 0.727. The maximum atomic E-state index is 3.96. The molecule has 0 atom stereocenters. The highest BCUT2D eigenvalue weighted by atomic mass is 15.1. The lowest BCUT2D eigenvalue weighted by Gasteiger charge is -1.95. The van der Waals surface area contributed by atoms with Crippen LogP contribution in [-0.4, -0.2) is 19.5 Å². The molecule has 0 N–H and O–H groups in total. The Morgan fingerprint density at radius 2 is 2.36 bits per heavy atom. The summed E-state index contributed by atoms with van der Waals surface area (Å²) >= 11 is 0. The molecule has 0 aromatic carbocycles. The SMILES string of the molecule is [c]1cncc(-n2ccnc2)n1. The minimum Gasteiger partial charge on any atom is -0.289 e. The molecule has 4 heteroatoms. The monoisotopic (exact) mass is 145 g/mol. The number of hydrogen-bond donors (Lipinski definition) is 0. The Morgan fingerprint density at radius 1 is 1.36 bits per heavy atom. The molecule has 2 heterocycles. The molecule has 0 fully saturated rings. The first-order valence-electron chi connectivity index (χ1n) is 3.13. The molecule has 53 valence electrons. The van der Waals surface area contributed by atoms with Crippen molar-refractivity contribution in [1.29, 1.82) is 0 Å². The van der Waals surface area contributed by atoms with Crippen molar-refractivity contribution in [3.63, 3.8) is 0 Å². The first kappa shape index (κ1) is 6.03. The first-order chi connectivity index (χ1) is 5.47. The molecule has 1 radical (unpaired) electrons. The summed E-state index contributed by atoms with van der Waals surface area (Å²) in [5, 5.41) is 0. The second-order valence-electron chi connectivity index (χ2n) is 1.98. The Bertz CT molecular complexity index is 313. The van der Waals surface area contributed by atoms with Gasteiger partial charge in [-0.05, 0) is 0 Å². The van der Waals surface area contributed by atoms with Crippen LogP contribution in [-0.2, 0) is 0 Å². The quantitative estimate of drug-likeness (QED) is 0.585. The summed E-state index contributed by atoms with van der Waals surface area (Å²) in [5.41, 5.74) is 0. The van der Waals surface area contributed by atoms with Crippen molar-refractivity contribution in [2.24, 2.45) is 0 Å². The van der Waals surface area contributed by atoms with Crippen molar-refractivity contribution in [3.05, 3.63) is 37.3 Å². The molecule has 2 aromatic rings. The molecule has 0 spiro atoms. The normalized spacial score (nSPS) is 9.82. The molecular weight excluding hydrogens is 140 g/mol. The predicted molar refractivity (Wildman–Crippen MR) is 38.0 cm³/mol. The molecule has 0 saturated carbocycles. The van der Waals surface area contributed by atoms with Crippen LogP contribution < -0.4 is 0 Å². The largest absolute Gasteiger partial charge is 0.289 e. The van der Waals surface area contributed by atoms with Crippen molar-refractivity contribution < 1.29 is 0 Å². The van der Waals surface area contributed by atoms with Gasteiger partial charge in [0.2, 0.25) is 0 Å². The molecule has 0 amide bonds. The molecule has 2 aromatic heterocycles. The fourth-order valence-corrected chi connectivity index (χ4v) is 0.780. The average Bonchev–Trinajstić information content (AvgIpc) is 2.58. The Labute approximate surface area is 63.6 Å². The van der Waals surface area contributed by atoms with E-state index in [0.717, 1.165) is 5.82 Å². The van der Waals surface area contributed by atoms with Gasteiger partial charge in [0.1, 0.15) is 12.5 Å². The summed E-state index contributed by atoms with van der Waals surface area (Å²) in [6.07, 6.45) is 11.0. The van der Waals surface area contributed by atoms with E-state index >= 15 is 0 Å². The van der Waals surface area contributed by atoms with Crippen molar-refractivity contribution >= 4 is 0 Å². The van der Waals surface area contributed by atoms with Gasteiger partial charge in [-0.15, -0.1) is 0 Å². The molecule has 0 aliphatic carbocycles. The molecule has 0 aliphatic heterocycles. The maximum Gasteiger partial charge on any atom is 0.157 e. The number of hydrogen-bond acceptors (Lipinski definition) is 3. The molecular formula is C7H5N4. The van der Waals surface area contributed by atoms with Crippen molar-refractivity contribution in [3.8, 4) is 5.82 Å². The average molecular weight is 145 g/mol. The summed E-state index contributed by atoms with van der Waals surface area (Å²) in [4.78, 5) is 11.7. The van der Waals surface area contributed by atoms with E-state index in [2.05, 4.69) is 21.1 Å². The first-order valence-corrected chi connectivity index (χ1v) is 3.13. The van der Waals surface area contributed by atoms with Gasteiger partial charge in [-0.3, -0.25) is 9.55 Å². The van der Waals surface area contributed by atoms with Gasteiger partial charge >= 0.3 is 0 Å². The molecule has 11 heavy (non-hydrogen) atoms. The molecule has 0 unspecified atom stereocenters. The zero-order valence-electron chi connectivity index (χ0n) is 5.68. The maximum absolute atomic E-state index is 3.96. The van der Waals surface area contributed by atoms with Crippen LogP contribution in [0.4, 0.5) is 0 Å². The third-order valence-electron chi connectivity index (χ3n) is 1.27. The fraction of sp³-hybridized carbons (Fsp3) is 0. The van der Waals surface area contributed by atoms with Gasteiger partial charge in [-0.2, -0.15) is 0 Å². The minimum absolute atomic E-state index is 0.727. The highest BCUT2D eigenvalue weighted by Gasteiger charge is 1.92. The van der Waals surface area contributed by atoms with E-state index < -0.39 is 0 Å². The standard InChI is InChI=1S/C7H5N4/c1-2-10-7(5-8-1)11-4-3-9-6-11/h1,3-6H. The smallest absolute Gasteiger partial charge is 0.157 e. The zero-order chi connectivity index (χ0) is 7.52. The second kappa shape index (κ2) is 2.49. The van der Waals surface area contributed by atoms with E-state index in [0.29, 0.717) is 0 Å². The molecule has 0 aliphatic rings. The van der Waals surface area contributed by atoms with Crippen LogP contribution in [0.5, 0.6) is 0 Å². The topological polar surface area (TPSA) is 43.6 Å². The van der Waals surface area contributed by atoms with Gasteiger partial charge in [0, 0.05) is 12.4 Å². The van der Waals surface area contributed by atoms with Crippen LogP contribution in [0.3, 0.4) is 0 Å². The number of nitrogens with zero attached hydrogens (tertiary/aromatic N) is 4. The summed E-state index contributed by atoms with van der Waals surface area (Å²) < 4.78 is 1.77. The zero-order valence-corrected chi connectivity index (χ0v) is 5.68. The van der Waals surface area contributed by atoms with Gasteiger partial charge in [0.25, 0.3) is 0 Å². The van der Waals surface area contributed by atoms with Gasteiger partial charge in [0.15, 0.2) is 5.82 Å². The van der Waals surface area contributed by atoms with E-state index in [-0.39, 0.29) is 0 Å². The number of imidazole rings is 1. The van der Waals surface area contributed by atoms with Gasteiger partial charge in [-0.25, -0.2) is 9.97 Å². The van der Waals surface area contributed by atoms with E-state index in [9.17, 15) is 0 Å². The Hall–Kier alpha value is -1.71. The van der Waals surface area contributed by atoms with Gasteiger partial charge in [-0.1, -0.05) is 0 Å². The lowest BCUT2D eigenvalue weighted by Crippen LogP contribution is -1.93. The summed E-state index contributed by atoms with van der Waals surface area (Å²) in [6.45, 7) is 0. The molecule has 2 rings (SSSR count). The van der Waals surface area contributed by atoms with Gasteiger partial charge in [0.05, 0.1) is 12.4 Å². The van der Waals surface area contributed by atoms with Crippen LogP contribution in [0, 0.1) is 6.20 Å². The Balaban J connectivity index is 2.46. The fourth-order valence-electron chi connectivity index (χ4n) is 0.780. The molecule has 0 saturated heterocycles. The van der Waals surface area contributed by atoms with Crippen LogP contribution >= 0.6 is 0 Å². The van der Waals surface area contributed by atoms with Crippen molar-refractivity contribution in [1.82, 2.24) is 19.5 Å². The highest BCUT2D eigenvalue weighted by Crippen LogP contribution is 1.97. The molecule has 4 nitrogen and oxygen atoms in total. The van der Waals surface area contributed by atoms with Crippen LogP contribution in [0.1, 0.15) is 0 Å². The van der Waals surface area contributed by atoms with Crippen LogP contribution in [0.25, 0.3) is 5.82 Å². The summed E-state index contributed by atoms with van der Waals surface area (Å²) in [6, 6.07) is 0. The third-order valence-corrected chi connectivity index (χ3v) is 1.27. The molecule has 0 bridgehead atoms. The van der Waals surface area contributed by atoms with E-state index in [4.69, 9.17) is 0 Å². The summed E-state index contributed by atoms with van der Waals surface area (Å²) in [7, 11) is 0. The Kier molecular flexibility index (Phi) is 1.37. The van der Waals surface area contributed by atoms with E-state index in [1.54, 1.807) is 29.5 Å². The number of rotatable bonds is 1. The van der Waals surface area contributed by atoms with Gasteiger partial charge < -0.3 is 0 Å². The van der Waals surface area contributed by atoms with Crippen molar-refractivity contribution in [2.75, 3.05) is 0 Å². The Morgan fingerprint density at radius 3 is 3.00 bits per heavy atom. The second-order valence-corrected chi connectivity index (χ2v) is 1.98.